The number of carbonyl (C=O) groups is 1. The highest BCUT2D eigenvalue weighted by Crippen LogP contribution is 2.04. The standard InChI is InChI=1S/C13H19NO/c1-4-11(3)14-13(15)9-12-7-5-10(2)6-8-12/h5-8,11H,4,9H2,1-3H3,(H,14,15)/t11-/m0/s1. The van der Waals surface area contributed by atoms with E-state index < -0.39 is 0 Å². The zero-order valence-electron chi connectivity index (χ0n) is 9.71. The molecular formula is C13H19NO. The van der Waals surface area contributed by atoms with E-state index in [-0.39, 0.29) is 11.9 Å². The fourth-order valence-corrected chi connectivity index (χ4v) is 1.32. The van der Waals surface area contributed by atoms with Crippen molar-refractivity contribution in [2.75, 3.05) is 0 Å². The van der Waals surface area contributed by atoms with Crippen LogP contribution in [0.2, 0.25) is 0 Å². The van der Waals surface area contributed by atoms with Gasteiger partial charge in [-0.2, -0.15) is 0 Å². The van der Waals surface area contributed by atoms with Crippen LogP contribution in [0, 0.1) is 6.92 Å². The number of rotatable bonds is 4. The van der Waals surface area contributed by atoms with E-state index in [0.29, 0.717) is 6.42 Å². The predicted octanol–water partition coefficient (Wildman–Crippen LogP) is 2.45. The second kappa shape index (κ2) is 5.54. The van der Waals surface area contributed by atoms with E-state index in [2.05, 4.69) is 12.2 Å². The molecule has 1 aromatic rings. The van der Waals surface area contributed by atoms with Crippen molar-refractivity contribution in [2.45, 2.75) is 39.7 Å². The lowest BCUT2D eigenvalue weighted by molar-refractivity contribution is -0.121. The molecule has 1 atom stereocenters. The Morgan fingerprint density at radius 3 is 2.47 bits per heavy atom. The van der Waals surface area contributed by atoms with Crippen molar-refractivity contribution in [1.82, 2.24) is 5.32 Å². The van der Waals surface area contributed by atoms with Crippen LogP contribution >= 0.6 is 0 Å². The average molecular weight is 205 g/mol. The summed E-state index contributed by atoms with van der Waals surface area (Å²) in [6, 6.07) is 8.34. The summed E-state index contributed by atoms with van der Waals surface area (Å²) in [4.78, 5) is 11.6. The van der Waals surface area contributed by atoms with E-state index in [1.807, 2.05) is 38.1 Å². The van der Waals surface area contributed by atoms with Gasteiger partial charge in [-0.3, -0.25) is 4.79 Å². The highest BCUT2D eigenvalue weighted by Gasteiger charge is 2.05. The Labute approximate surface area is 91.7 Å². The highest BCUT2D eigenvalue weighted by atomic mass is 16.1. The topological polar surface area (TPSA) is 29.1 Å². The number of benzene rings is 1. The maximum Gasteiger partial charge on any atom is 0.224 e. The minimum Gasteiger partial charge on any atom is -0.353 e. The van der Waals surface area contributed by atoms with Crippen LogP contribution < -0.4 is 5.32 Å². The van der Waals surface area contributed by atoms with Crippen LogP contribution in [0.1, 0.15) is 31.4 Å². The Kier molecular flexibility index (Phi) is 4.35. The van der Waals surface area contributed by atoms with E-state index in [1.54, 1.807) is 0 Å². The van der Waals surface area contributed by atoms with Gasteiger partial charge in [0.1, 0.15) is 0 Å². The number of aryl methyl sites for hydroxylation is 1. The molecule has 0 radical (unpaired) electrons. The third-order valence-electron chi connectivity index (χ3n) is 2.51. The number of nitrogens with one attached hydrogen (secondary N) is 1. The van der Waals surface area contributed by atoms with E-state index in [4.69, 9.17) is 0 Å². The molecule has 1 N–H and O–H groups in total. The van der Waals surface area contributed by atoms with Crippen molar-refractivity contribution in [2.24, 2.45) is 0 Å². The van der Waals surface area contributed by atoms with Crippen LogP contribution in [-0.4, -0.2) is 11.9 Å². The van der Waals surface area contributed by atoms with Crippen LogP contribution in [0.15, 0.2) is 24.3 Å². The normalized spacial score (nSPS) is 12.2. The van der Waals surface area contributed by atoms with Crippen molar-refractivity contribution in [1.29, 1.82) is 0 Å². The van der Waals surface area contributed by atoms with Crippen molar-refractivity contribution in [3.8, 4) is 0 Å². The van der Waals surface area contributed by atoms with Gasteiger partial charge in [-0.05, 0) is 25.8 Å². The number of hydrogen-bond donors (Lipinski definition) is 1. The molecule has 0 aromatic heterocycles. The quantitative estimate of drug-likeness (QED) is 0.803. The SMILES string of the molecule is CC[C@H](C)NC(=O)Cc1ccc(C)cc1. The van der Waals surface area contributed by atoms with Crippen molar-refractivity contribution in [3.05, 3.63) is 35.4 Å². The Morgan fingerprint density at radius 2 is 1.93 bits per heavy atom. The van der Waals surface area contributed by atoms with Crippen LogP contribution in [0.4, 0.5) is 0 Å². The van der Waals surface area contributed by atoms with E-state index in [0.717, 1.165) is 12.0 Å². The smallest absolute Gasteiger partial charge is 0.224 e. The lowest BCUT2D eigenvalue weighted by Gasteiger charge is -2.11. The lowest BCUT2D eigenvalue weighted by Crippen LogP contribution is -2.33. The van der Waals surface area contributed by atoms with E-state index in [9.17, 15) is 4.79 Å². The maximum atomic E-state index is 11.6. The Morgan fingerprint density at radius 1 is 1.33 bits per heavy atom. The van der Waals surface area contributed by atoms with Gasteiger partial charge in [-0.1, -0.05) is 36.8 Å². The van der Waals surface area contributed by atoms with Crippen molar-refractivity contribution < 1.29 is 4.79 Å². The summed E-state index contributed by atoms with van der Waals surface area (Å²) >= 11 is 0. The molecule has 2 nitrogen and oxygen atoms in total. The second-order valence-electron chi connectivity index (χ2n) is 4.04. The molecule has 1 rings (SSSR count). The first-order valence-electron chi connectivity index (χ1n) is 5.46. The van der Waals surface area contributed by atoms with E-state index >= 15 is 0 Å². The van der Waals surface area contributed by atoms with Gasteiger partial charge in [0.2, 0.25) is 5.91 Å². The molecule has 0 saturated carbocycles. The first kappa shape index (κ1) is 11.8. The van der Waals surface area contributed by atoms with E-state index in [1.165, 1.54) is 5.56 Å². The summed E-state index contributed by atoms with van der Waals surface area (Å²) in [5, 5.41) is 2.95. The van der Waals surface area contributed by atoms with Gasteiger partial charge in [0.05, 0.1) is 6.42 Å². The Bertz CT molecular complexity index is 316. The minimum atomic E-state index is 0.105. The molecule has 1 amide bonds. The molecule has 0 aliphatic rings. The summed E-state index contributed by atoms with van der Waals surface area (Å²) in [6.45, 7) is 6.13. The van der Waals surface area contributed by atoms with Crippen LogP contribution in [0.25, 0.3) is 0 Å². The van der Waals surface area contributed by atoms with Gasteiger partial charge in [0, 0.05) is 6.04 Å². The van der Waals surface area contributed by atoms with Crippen molar-refractivity contribution >= 4 is 5.91 Å². The van der Waals surface area contributed by atoms with Gasteiger partial charge in [0.15, 0.2) is 0 Å². The molecular weight excluding hydrogens is 186 g/mol. The first-order valence-corrected chi connectivity index (χ1v) is 5.46. The van der Waals surface area contributed by atoms with Gasteiger partial charge in [0.25, 0.3) is 0 Å². The molecule has 0 heterocycles. The highest BCUT2D eigenvalue weighted by molar-refractivity contribution is 5.78. The third-order valence-corrected chi connectivity index (χ3v) is 2.51. The van der Waals surface area contributed by atoms with Crippen LogP contribution in [0.3, 0.4) is 0 Å². The lowest BCUT2D eigenvalue weighted by atomic mass is 10.1. The molecule has 82 valence electrons. The molecule has 1 aromatic carbocycles. The molecule has 0 aliphatic heterocycles. The first-order chi connectivity index (χ1) is 7.11. The number of carbonyl (C=O) groups excluding carboxylic acids is 1. The van der Waals surface area contributed by atoms with Crippen molar-refractivity contribution in [3.63, 3.8) is 0 Å². The largest absolute Gasteiger partial charge is 0.353 e. The predicted molar refractivity (Wildman–Crippen MR) is 62.8 cm³/mol. The minimum absolute atomic E-state index is 0.105. The number of hydrogen-bond acceptors (Lipinski definition) is 1. The summed E-state index contributed by atoms with van der Waals surface area (Å²) in [5.74, 6) is 0.105. The van der Waals surface area contributed by atoms with Gasteiger partial charge >= 0.3 is 0 Å². The fraction of sp³-hybridized carbons (Fsp3) is 0.462. The molecule has 0 bridgehead atoms. The molecule has 2 heteroatoms. The summed E-state index contributed by atoms with van der Waals surface area (Å²) < 4.78 is 0. The molecule has 0 fully saturated rings. The molecule has 15 heavy (non-hydrogen) atoms. The molecule has 0 spiro atoms. The monoisotopic (exact) mass is 205 g/mol. The summed E-state index contributed by atoms with van der Waals surface area (Å²) in [5.41, 5.74) is 2.29. The summed E-state index contributed by atoms with van der Waals surface area (Å²) in [7, 11) is 0. The maximum absolute atomic E-state index is 11.6. The zero-order valence-corrected chi connectivity index (χ0v) is 9.71. The summed E-state index contributed by atoms with van der Waals surface area (Å²) in [6.07, 6.45) is 1.45. The third kappa shape index (κ3) is 4.15. The average Bonchev–Trinajstić information content (AvgIpc) is 2.21. The molecule has 0 aliphatic carbocycles. The Balaban J connectivity index is 2.48. The van der Waals surface area contributed by atoms with Crippen LogP contribution in [0.5, 0.6) is 0 Å². The zero-order chi connectivity index (χ0) is 11.3. The van der Waals surface area contributed by atoms with Crippen LogP contribution in [-0.2, 0) is 11.2 Å². The Hall–Kier alpha value is -1.31. The molecule has 0 unspecified atom stereocenters. The van der Waals surface area contributed by atoms with Gasteiger partial charge < -0.3 is 5.32 Å². The fourth-order valence-electron chi connectivity index (χ4n) is 1.32. The molecule has 0 saturated heterocycles. The second-order valence-corrected chi connectivity index (χ2v) is 4.04. The number of amides is 1. The van der Waals surface area contributed by atoms with Gasteiger partial charge in [-0.15, -0.1) is 0 Å². The van der Waals surface area contributed by atoms with Gasteiger partial charge in [-0.25, -0.2) is 0 Å².